The second kappa shape index (κ2) is 7.10. The van der Waals surface area contributed by atoms with Crippen LogP contribution in [0.5, 0.6) is 0 Å². The fourth-order valence-corrected chi connectivity index (χ4v) is 3.08. The Hall–Kier alpha value is -2.93. The summed E-state index contributed by atoms with van der Waals surface area (Å²) in [5, 5.41) is 3.09. The van der Waals surface area contributed by atoms with Crippen LogP contribution < -0.4 is 5.32 Å². The molecule has 6 nitrogen and oxygen atoms in total. The lowest BCUT2D eigenvalue weighted by Gasteiger charge is -2.01. The van der Waals surface area contributed by atoms with Crippen molar-refractivity contribution in [2.45, 2.75) is 6.42 Å². The van der Waals surface area contributed by atoms with Gasteiger partial charge in [-0.05, 0) is 12.1 Å². The van der Waals surface area contributed by atoms with Crippen LogP contribution in [0.15, 0.2) is 53.1 Å². The molecule has 0 fully saturated rings. The predicted octanol–water partition coefficient (Wildman–Crippen LogP) is 3.37. The van der Waals surface area contributed by atoms with Gasteiger partial charge in [0.2, 0.25) is 0 Å². The zero-order valence-electron chi connectivity index (χ0n) is 12.8. The van der Waals surface area contributed by atoms with E-state index in [0.29, 0.717) is 10.8 Å². The van der Waals surface area contributed by atoms with Gasteiger partial charge in [0.25, 0.3) is 5.91 Å². The number of aromatic nitrogens is 1. The van der Waals surface area contributed by atoms with Gasteiger partial charge < -0.3 is 9.15 Å². The van der Waals surface area contributed by atoms with Crippen LogP contribution in [0.1, 0.15) is 15.4 Å². The maximum Gasteiger partial charge on any atom is 0.310 e. The Morgan fingerprint density at radius 2 is 2.00 bits per heavy atom. The molecule has 0 bridgehead atoms. The minimum absolute atomic E-state index is 0.0923. The van der Waals surface area contributed by atoms with E-state index in [1.54, 1.807) is 12.1 Å². The van der Waals surface area contributed by atoms with Crippen molar-refractivity contribution in [2.75, 3.05) is 12.4 Å². The maximum absolute atomic E-state index is 12.1. The smallest absolute Gasteiger partial charge is 0.310 e. The van der Waals surface area contributed by atoms with Crippen molar-refractivity contribution in [3.8, 4) is 11.3 Å². The molecule has 1 amide bonds. The average molecular weight is 342 g/mol. The first-order valence-corrected chi connectivity index (χ1v) is 7.96. The largest absolute Gasteiger partial charge is 0.469 e. The molecule has 3 aromatic rings. The number of hydrogen-bond acceptors (Lipinski definition) is 6. The molecule has 0 aliphatic heterocycles. The van der Waals surface area contributed by atoms with Gasteiger partial charge in [0.1, 0.15) is 0 Å². The number of nitrogens with zero attached hydrogens (tertiary/aromatic N) is 1. The van der Waals surface area contributed by atoms with Crippen molar-refractivity contribution in [1.82, 2.24) is 4.98 Å². The zero-order valence-corrected chi connectivity index (χ0v) is 13.6. The van der Waals surface area contributed by atoms with Crippen LogP contribution in [0, 0.1) is 0 Å². The summed E-state index contributed by atoms with van der Waals surface area (Å²) in [4.78, 5) is 28.9. The van der Waals surface area contributed by atoms with Crippen LogP contribution in [0.25, 0.3) is 11.3 Å². The molecule has 3 rings (SSSR count). The molecule has 1 aromatic carbocycles. The monoisotopic (exact) mass is 342 g/mol. The van der Waals surface area contributed by atoms with Gasteiger partial charge in [0, 0.05) is 10.4 Å². The Morgan fingerprint density at radius 1 is 1.21 bits per heavy atom. The van der Waals surface area contributed by atoms with Gasteiger partial charge in [-0.1, -0.05) is 30.3 Å². The molecule has 2 heterocycles. The number of furan rings is 1. The van der Waals surface area contributed by atoms with Gasteiger partial charge >= 0.3 is 5.97 Å². The number of thiazole rings is 1. The van der Waals surface area contributed by atoms with Gasteiger partial charge in [0.15, 0.2) is 10.9 Å². The van der Waals surface area contributed by atoms with Gasteiger partial charge in [-0.15, -0.1) is 11.3 Å². The molecule has 7 heteroatoms. The SMILES string of the molecule is COC(=O)Cc1sc(NC(=O)c2ccco2)nc1-c1ccccc1. The molecule has 0 aliphatic rings. The molecule has 122 valence electrons. The van der Waals surface area contributed by atoms with Crippen molar-refractivity contribution in [3.05, 3.63) is 59.4 Å². The fraction of sp³-hybridized carbons (Fsp3) is 0.118. The lowest BCUT2D eigenvalue weighted by Crippen LogP contribution is -2.10. The van der Waals surface area contributed by atoms with Gasteiger partial charge in [-0.3, -0.25) is 14.9 Å². The number of nitrogens with one attached hydrogen (secondary N) is 1. The van der Waals surface area contributed by atoms with Gasteiger partial charge in [0.05, 0.1) is 25.5 Å². The molecule has 24 heavy (non-hydrogen) atoms. The second-order valence-electron chi connectivity index (χ2n) is 4.84. The molecule has 0 aliphatic carbocycles. The number of methoxy groups -OCH3 is 1. The van der Waals surface area contributed by atoms with Crippen molar-refractivity contribution in [3.63, 3.8) is 0 Å². The summed E-state index contributed by atoms with van der Waals surface area (Å²) < 4.78 is 9.79. The average Bonchev–Trinajstić information content (AvgIpc) is 3.25. The number of ether oxygens (including phenoxy) is 1. The van der Waals surface area contributed by atoms with E-state index in [-0.39, 0.29) is 18.2 Å². The van der Waals surface area contributed by atoms with Crippen molar-refractivity contribution in [1.29, 1.82) is 0 Å². The first-order valence-electron chi connectivity index (χ1n) is 7.14. The zero-order chi connectivity index (χ0) is 16.9. The molecule has 0 saturated carbocycles. The van der Waals surface area contributed by atoms with E-state index < -0.39 is 5.91 Å². The summed E-state index contributed by atoms with van der Waals surface area (Å²) in [6.45, 7) is 0. The number of rotatable bonds is 5. The molecule has 2 aromatic heterocycles. The molecular weight excluding hydrogens is 328 g/mol. The predicted molar refractivity (Wildman–Crippen MR) is 89.9 cm³/mol. The van der Waals surface area contributed by atoms with E-state index in [0.717, 1.165) is 10.4 Å². The Labute approximate surface area is 142 Å². The Bertz CT molecular complexity index is 841. The van der Waals surface area contributed by atoms with Crippen LogP contribution in [0.3, 0.4) is 0 Å². The second-order valence-corrected chi connectivity index (χ2v) is 5.92. The minimum atomic E-state index is -0.391. The van der Waals surface area contributed by atoms with E-state index in [9.17, 15) is 9.59 Å². The quantitative estimate of drug-likeness (QED) is 0.719. The van der Waals surface area contributed by atoms with Crippen LogP contribution in [0.4, 0.5) is 5.13 Å². The number of anilines is 1. The minimum Gasteiger partial charge on any atom is -0.469 e. The molecule has 1 N–H and O–H groups in total. The summed E-state index contributed by atoms with van der Waals surface area (Å²) in [5.41, 5.74) is 1.52. The number of hydrogen-bond donors (Lipinski definition) is 1. The maximum atomic E-state index is 12.1. The Kier molecular flexibility index (Phi) is 4.72. The normalized spacial score (nSPS) is 10.4. The summed E-state index contributed by atoms with van der Waals surface area (Å²) in [7, 11) is 1.34. The lowest BCUT2D eigenvalue weighted by molar-refractivity contribution is -0.139. The summed E-state index contributed by atoms with van der Waals surface area (Å²) >= 11 is 1.24. The number of esters is 1. The third kappa shape index (κ3) is 3.52. The number of amides is 1. The van der Waals surface area contributed by atoms with E-state index in [4.69, 9.17) is 9.15 Å². The number of carbonyl (C=O) groups excluding carboxylic acids is 2. The highest BCUT2D eigenvalue weighted by Crippen LogP contribution is 2.32. The summed E-state index contributed by atoms with van der Waals surface area (Å²) in [6.07, 6.45) is 1.52. The molecule has 0 radical (unpaired) electrons. The van der Waals surface area contributed by atoms with Crippen molar-refractivity contribution < 1.29 is 18.7 Å². The highest BCUT2D eigenvalue weighted by atomic mass is 32.1. The van der Waals surface area contributed by atoms with Gasteiger partial charge in [-0.2, -0.15) is 0 Å². The standard InChI is InChI=1S/C17H14N2O4S/c1-22-14(20)10-13-15(11-6-3-2-4-7-11)18-17(24-13)19-16(21)12-8-5-9-23-12/h2-9H,10H2,1H3,(H,18,19,21). The Morgan fingerprint density at radius 3 is 2.67 bits per heavy atom. The molecular formula is C17H14N2O4S. The fourth-order valence-electron chi connectivity index (χ4n) is 2.12. The molecule has 0 saturated heterocycles. The number of benzene rings is 1. The van der Waals surface area contributed by atoms with Crippen LogP contribution in [-0.4, -0.2) is 24.0 Å². The first kappa shape index (κ1) is 15.9. The van der Waals surface area contributed by atoms with E-state index in [1.165, 1.54) is 24.7 Å². The molecule has 0 atom stereocenters. The summed E-state index contributed by atoms with van der Waals surface area (Å²) in [5.74, 6) is -0.557. The molecule has 0 unspecified atom stereocenters. The van der Waals surface area contributed by atoms with E-state index in [1.807, 2.05) is 30.3 Å². The molecule has 0 spiro atoms. The third-order valence-electron chi connectivity index (χ3n) is 3.24. The van der Waals surface area contributed by atoms with Gasteiger partial charge in [-0.25, -0.2) is 4.98 Å². The first-order chi connectivity index (χ1) is 11.7. The summed E-state index contributed by atoms with van der Waals surface area (Å²) in [6, 6.07) is 12.7. The topological polar surface area (TPSA) is 81.4 Å². The van der Waals surface area contributed by atoms with Crippen molar-refractivity contribution in [2.24, 2.45) is 0 Å². The van der Waals surface area contributed by atoms with E-state index >= 15 is 0 Å². The Balaban J connectivity index is 1.91. The highest BCUT2D eigenvalue weighted by molar-refractivity contribution is 7.16. The number of carbonyl (C=O) groups is 2. The van der Waals surface area contributed by atoms with E-state index in [2.05, 4.69) is 10.3 Å². The highest BCUT2D eigenvalue weighted by Gasteiger charge is 2.18. The van der Waals surface area contributed by atoms with Crippen LogP contribution in [-0.2, 0) is 16.0 Å². The van der Waals surface area contributed by atoms with Crippen molar-refractivity contribution >= 4 is 28.3 Å². The van der Waals surface area contributed by atoms with Crippen LogP contribution in [0.2, 0.25) is 0 Å². The third-order valence-corrected chi connectivity index (χ3v) is 4.21. The lowest BCUT2D eigenvalue weighted by atomic mass is 10.1. The van der Waals surface area contributed by atoms with Crippen LogP contribution >= 0.6 is 11.3 Å².